The summed E-state index contributed by atoms with van der Waals surface area (Å²) in [7, 11) is 0. The van der Waals surface area contributed by atoms with Gasteiger partial charge in [0.05, 0.1) is 6.54 Å². The molecule has 1 aromatic rings. The van der Waals surface area contributed by atoms with E-state index >= 15 is 0 Å². The second-order valence-electron chi connectivity index (χ2n) is 4.84. The van der Waals surface area contributed by atoms with Gasteiger partial charge < -0.3 is 14.4 Å². The molecule has 5 nitrogen and oxygen atoms in total. The third kappa shape index (κ3) is 6.70. The van der Waals surface area contributed by atoms with E-state index in [4.69, 9.17) is 4.74 Å². The number of nitrogens with zero attached hydrogens (tertiary/aromatic N) is 1. The van der Waals surface area contributed by atoms with Gasteiger partial charge >= 0.3 is 5.97 Å². The number of benzene rings is 1. The molecule has 0 saturated carbocycles. The minimum atomic E-state index is -0.310. The van der Waals surface area contributed by atoms with Gasteiger partial charge in [-0.15, -0.1) is 0 Å². The van der Waals surface area contributed by atoms with Crippen LogP contribution in [0.15, 0.2) is 24.3 Å². The lowest BCUT2D eigenvalue weighted by atomic mass is 10.2. The molecular formula is C16H21NO4. The van der Waals surface area contributed by atoms with Crippen LogP contribution in [0.5, 0.6) is 0 Å². The normalized spacial score (nSPS) is 10.0. The number of hydrogen-bond acceptors (Lipinski definition) is 5. The number of Topliss-reactive ketones (excluding diaryl/α,β-unsaturated/α-hetero) is 1. The summed E-state index contributed by atoms with van der Waals surface area (Å²) in [5.41, 5.74) is 1.55. The van der Waals surface area contributed by atoms with E-state index in [9.17, 15) is 14.4 Å². The molecule has 0 aliphatic heterocycles. The van der Waals surface area contributed by atoms with Gasteiger partial charge in [0.1, 0.15) is 18.7 Å². The Balaban J connectivity index is 2.65. The zero-order valence-electron chi connectivity index (χ0n) is 12.5. The van der Waals surface area contributed by atoms with Crippen LogP contribution >= 0.6 is 0 Å². The van der Waals surface area contributed by atoms with Crippen LogP contribution in [0, 0.1) is 0 Å². The van der Waals surface area contributed by atoms with Crippen molar-refractivity contribution in [3.8, 4) is 0 Å². The molecule has 0 N–H and O–H groups in total. The Morgan fingerprint density at radius 1 is 1.14 bits per heavy atom. The predicted octanol–water partition coefficient (Wildman–Crippen LogP) is 2.24. The zero-order valence-corrected chi connectivity index (χ0v) is 12.5. The van der Waals surface area contributed by atoms with Gasteiger partial charge in [-0.1, -0.05) is 0 Å². The van der Waals surface area contributed by atoms with Crippen molar-refractivity contribution in [2.45, 2.75) is 26.7 Å². The number of ketones is 1. The molecule has 0 saturated heterocycles. The fourth-order valence-corrected chi connectivity index (χ4v) is 1.95. The molecular weight excluding hydrogens is 270 g/mol. The second kappa shape index (κ2) is 8.89. The fraction of sp³-hybridized carbons (Fsp3) is 0.438. The molecule has 0 aromatic heterocycles. The van der Waals surface area contributed by atoms with E-state index in [1.807, 2.05) is 17.0 Å². The van der Waals surface area contributed by atoms with Crippen LogP contribution in [0.2, 0.25) is 0 Å². The van der Waals surface area contributed by atoms with Crippen molar-refractivity contribution < 1.29 is 19.1 Å². The second-order valence-corrected chi connectivity index (χ2v) is 4.84. The van der Waals surface area contributed by atoms with Crippen molar-refractivity contribution >= 4 is 23.7 Å². The molecule has 5 heteroatoms. The van der Waals surface area contributed by atoms with E-state index in [1.54, 1.807) is 19.1 Å². The van der Waals surface area contributed by atoms with E-state index in [0.29, 0.717) is 31.7 Å². The smallest absolute Gasteiger partial charge is 0.302 e. The molecule has 0 spiro atoms. The van der Waals surface area contributed by atoms with E-state index in [0.717, 1.165) is 18.4 Å². The SMILES string of the molecule is CC(=O)CCCN(CCOC(C)=O)c1ccc(C=O)cc1. The number of esters is 1. The molecule has 0 aliphatic carbocycles. The Morgan fingerprint density at radius 2 is 1.81 bits per heavy atom. The lowest BCUT2D eigenvalue weighted by Crippen LogP contribution is -2.29. The summed E-state index contributed by atoms with van der Waals surface area (Å²) >= 11 is 0. The highest BCUT2D eigenvalue weighted by Gasteiger charge is 2.08. The van der Waals surface area contributed by atoms with Gasteiger partial charge in [-0.25, -0.2) is 0 Å². The molecule has 1 rings (SSSR count). The molecule has 114 valence electrons. The number of anilines is 1. The summed E-state index contributed by atoms with van der Waals surface area (Å²) in [6, 6.07) is 7.19. The molecule has 0 fully saturated rings. The third-order valence-corrected chi connectivity index (χ3v) is 3.02. The van der Waals surface area contributed by atoms with E-state index in [1.165, 1.54) is 6.92 Å². The average molecular weight is 291 g/mol. The molecule has 1 aromatic carbocycles. The van der Waals surface area contributed by atoms with Crippen LogP contribution in [0.3, 0.4) is 0 Å². The number of rotatable bonds is 9. The Labute approximate surface area is 124 Å². The average Bonchev–Trinajstić information content (AvgIpc) is 2.45. The largest absolute Gasteiger partial charge is 0.464 e. The minimum Gasteiger partial charge on any atom is -0.464 e. The highest BCUT2D eigenvalue weighted by molar-refractivity contribution is 5.76. The standard InChI is InChI=1S/C16H21NO4/c1-13(19)4-3-9-17(10-11-21-14(2)20)16-7-5-15(12-18)6-8-16/h5-8,12H,3-4,9-11H2,1-2H3. The highest BCUT2D eigenvalue weighted by atomic mass is 16.5. The summed E-state index contributed by atoms with van der Waals surface area (Å²) in [5.74, 6) is -0.152. The quantitative estimate of drug-likeness (QED) is 0.516. The predicted molar refractivity (Wildman–Crippen MR) is 80.6 cm³/mol. The summed E-state index contributed by atoms with van der Waals surface area (Å²) in [6.07, 6.45) is 2.06. The van der Waals surface area contributed by atoms with Gasteiger partial charge in [-0.05, 0) is 37.6 Å². The first-order valence-electron chi connectivity index (χ1n) is 6.96. The molecule has 21 heavy (non-hydrogen) atoms. The van der Waals surface area contributed by atoms with Crippen LogP contribution in [0.25, 0.3) is 0 Å². The Hall–Kier alpha value is -2.17. The number of ether oxygens (including phenoxy) is 1. The molecule has 0 aliphatic rings. The monoisotopic (exact) mass is 291 g/mol. The summed E-state index contributed by atoms with van der Waals surface area (Å²) in [5, 5.41) is 0. The Bertz CT molecular complexity index is 462. The zero-order chi connectivity index (χ0) is 15.7. The maximum atomic E-state index is 11.0. The van der Waals surface area contributed by atoms with Crippen molar-refractivity contribution in [1.82, 2.24) is 0 Å². The molecule has 0 atom stereocenters. The Kier molecular flexibility index (Phi) is 7.15. The van der Waals surface area contributed by atoms with Crippen LogP contribution in [0.4, 0.5) is 5.69 Å². The highest BCUT2D eigenvalue weighted by Crippen LogP contribution is 2.15. The van der Waals surface area contributed by atoms with Crippen LogP contribution in [-0.4, -0.2) is 37.7 Å². The molecule has 0 heterocycles. The molecule has 0 radical (unpaired) electrons. The fourth-order valence-electron chi connectivity index (χ4n) is 1.95. The summed E-state index contributed by atoms with van der Waals surface area (Å²) in [6.45, 7) is 4.49. The van der Waals surface area contributed by atoms with Crippen molar-refractivity contribution in [2.24, 2.45) is 0 Å². The number of hydrogen-bond donors (Lipinski definition) is 0. The van der Waals surface area contributed by atoms with Crippen molar-refractivity contribution in [3.63, 3.8) is 0 Å². The maximum absolute atomic E-state index is 11.0. The molecule has 0 amide bonds. The lowest BCUT2D eigenvalue weighted by molar-refractivity contribution is -0.140. The van der Waals surface area contributed by atoms with Crippen LogP contribution in [0.1, 0.15) is 37.0 Å². The van der Waals surface area contributed by atoms with Crippen LogP contribution in [-0.2, 0) is 14.3 Å². The Morgan fingerprint density at radius 3 is 2.33 bits per heavy atom. The molecule has 0 bridgehead atoms. The van der Waals surface area contributed by atoms with Crippen molar-refractivity contribution in [3.05, 3.63) is 29.8 Å². The van der Waals surface area contributed by atoms with Gasteiger partial charge in [0.2, 0.25) is 0 Å². The first-order valence-corrected chi connectivity index (χ1v) is 6.96. The van der Waals surface area contributed by atoms with Gasteiger partial charge in [-0.3, -0.25) is 9.59 Å². The third-order valence-electron chi connectivity index (χ3n) is 3.02. The maximum Gasteiger partial charge on any atom is 0.302 e. The van der Waals surface area contributed by atoms with Crippen LogP contribution < -0.4 is 4.90 Å². The van der Waals surface area contributed by atoms with E-state index in [-0.39, 0.29) is 11.8 Å². The van der Waals surface area contributed by atoms with Crippen molar-refractivity contribution in [1.29, 1.82) is 0 Å². The van der Waals surface area contributed by atoms with Crippen molar-refractivity contribution in [2.75, 3.05) is 24.6 Å². The van der Waals surface area contributed by atoms with E-state index < -0.39 is 0 Å². The minimum absolute atomic E-state index is 0.159. The van der Waals surface area contributed by atoms with Gasteiger partial charge in [0.25, 0.3) is 0 Å². The number of carbonyl (C=O) groups excluding carboxylic acids is 3. The number of carbonyl (C=O) groups is 3. The lowest BCUT2D eigenvalue weighted by Gasteiger charge is -2.24. The molecule has 0 unspecified atom stereocenters. The first kappa shape index (κ1) is 16.9. The number of aldehydes is 1. The van der Waals surface area contributed by atoms with E-state index in [2.05, 4.69) is 0 Å². The van der Waals surface area contributed by atoms with Gasteiger partial charge in [0, 0.05) is 31.1 Å². The van der Waals surface area contributed by atoms with Gasteiger partial charge in [-0.2, -0.15) is 0 Å². The summed E-state index contributed by atoms with van der Waals surface area (Å²) < 4.78 is 4.96. The topological polar surface area (TPSA) is 63.7 Å². The first-order chi connectivity index (χ1) is 10.0. The van der Waals surface area contributed by atoms with Gasteiger partial charge in [0.15, 0.2) is 0 Å². The summed E-state index contributed by atoms with van der Waals surface area (Å²) in [4.78, 5) is 34.6.